The number of alkyl halides is 3. The zero-order valence-corrected chi connectivity index (χ0v) is 22.8. The molecule has 4 heterocycles. The molecule has 222 valence electrons. The van der Waals surface area contributed by atoms with Gasteiger partial charge < -0.3 is 25.2 Å². The average Bonchev–Trinajstić information content (AvgIpc) is 3.56. The van der Waals surface area contributed by atoms with Gasteiger partial charge >= 0.3 is 12.1 Å². The Morgan fingerprint density at radius 2 is 1.61 bits per heavy atom. The monoisotopic (exact) mass is 576 g/mol. The van der Waals surface area contributed by atoms with Crippen LogP contribution in [0.25, 0.3) is 0 Å². The Bertz CT molecular complexity index is 1260. The number of carboxylic acid groups (broad SMARTS) is 1. The smallest absolute Gasteiger partial charge is 0.475 e. The fourth-order valence-corrected chi connectivity index (χ4v) is 6.28. The number of anilines is 1. The largest absolute Gasteiger partial charge is 0.490 e. The van der Waals surface area contributed by atoms with E-state index in [0.717, 1.165) is 69.9 Å². The maximum absolute atomic E-state index is 12.9. The number of carbonyl (C=O) groups excluding carboxylic acids is 1. The molecule has 41 heavy (non-hydrogen) atoms. The van der Waals surface area contributed by atoms with Crippen LogP contribution in [-0.4, -0.2) is 69.9 Å². The summed E-state index contributed by atoms with van der Waals surface area (Å²) in [5.74, 6) is -0.813. The number of amides is 1. The Balaban J connectivity index is 0.000000431. The number of rotatable bonds is 3. The summed E-state index contributed by atoms with van der Waals surface area (Å²) < 4.78 is 44.4. The fraction of sp³-hybridized carbons (Fsp3) is 0.552. The van der Waals surface area contributed by atoms with Gasteiger partial charge in [0, 0.05) is 49.8 Å². The van der Waals surface area contributed by atoms with Crippen LogP contribution in [0, 0.1) is 5.41 Å². The molecular weight excluding hydrogens is 541 g/mol. The van der Waals surface area contributed by atoms with Crippen LogP contribution in [0.15, 0.2) is 36.5 Å². The molecule has 6 rings (SSSR count). The van der Waals surface area contributed by atoms with Gasteiger partial charge in [-0.1, -0.05) is 12.1 Å². The molecule has 12 heteroatoms. The number of fused-ring (bicyclic) bond motifs is 1. The molecule has 0 unspecified atom stereocenters. The van der Waals surface area contributed by atoms with E-state index in [9.17, 15) is 18.0 Å². The van der Waals surface area contributed by atoms with Crippen molar-refractivity contribution in [3.8, 4) is 11.5 Å². The first-order valence-corrected chi connectivity index (χ1v) is 14.0. The van der Waals surface area contributed by atoms with Crippen LogP contribution in [0.1, 0.15) is 67.3 Å². The van der Waals surface area contributed by atoms with Gasteiger partial charge in [-0.15, -0.1) is 0 Å². The van der Waals surface area contributed by atoms with E-state index < -0.39 is 17.9 Å². The predicted molar refractivity (Wildman–Crippen MR) is 143 cm³/mol. The van der Waals surface area contributed by atoms with Crippen molar-refractivity contribution >= 4 is 17.7 Å². The minimum absolute atomic E-state index is 0.0709. The summed E-state index contributed by atoms with van der Waals surface area (Å²) in [6.45, 7) is 4.73. The number of carbonyl (C=O) groups is 2. The highest BCUT2D eigenvalue weighted by atomic mass is 19.4. The summed E-state index contributed by atoms with van der Waals surface area (Å²) in [5.41, 5.74) is 8.01. The third-order valence-electron chi connectivity index (χ3n) is 8.70. The lowest BCUT2D eigenvalue weighted by Gasteiger charge is -2.47. The first-order valence-electron chi connectivity index (χ1n) is 14.0. The lowest BCUT2D eigenvalue weighted by atomic mass is 9.71. The van der Waals surface area contributed by atoms with Gasteiger partial charge in [0.2, 0.25) is 0 Å². The highest BCUT2D eigenvalue weighted by molar-refractivity contribution is 5.94. The molecule has 3 N–H and O–H groups in total. The number of para-hydroxylation sites is 1. The second-order valence-electron chi connectivity index (χ2n) is 11.4. The predicted octanol–water partition coefficient (Wildman–Crippen LogP) is 4.86. The molecule has 2 spiro atoms. The van der Waals surface area contributed by atoms with Gasteiger partial charge in [-0.3, -0.25) is 9.69 Å². The summed E-state index contributed by atoms with van der Waals surface area (Å²) in [6, 6.07) is 9.77. The van der Waals surface area contributed by atoms with Gasteiger partial charge in [-0.05, 0) is 75.2 Å². The molecule has 2 aromatic rings. The van der Waals surface area contributed by atoms with Gasteiger partial charge in [0.15, 0.2) is 11.5 Å². The Kier molecular flexibility index (Phi) is 8.04. The van der Waals surface area contributed by atoms with E-state index in [-0.39, 0.29) is 5.91 Å². The second kappa shape index (κ2) is 11.4. The van der Waals surface area contributed by atoms with Crippen LogP contribution in [0.5, 0.6) is 11.5 Å². The molecular formula is C29H35F3N4O5. The molecule has 1 aliphatic carbocycles. The van der Waals surface area contributed by atoms with Gasteiger partial charge in [-0.25, -0.2) is 9.78 Å². The number of aliphatic carboxylic acids is 1. The number of aromatic nitrogens is 1. The quantitative estimate of drug-likeness (QED) is 0.532. The lowest BCUT2D eigenvalue weighted by Crippen LogP contribution is -2.48. The molecule has 3 aliphatic heterocycles. The second-order valence-corrected chi connectivity index (χ2v) is 11.4. The number of pyridine rings is 1. The number of halogens is 3. The van der Waals surface area contributed by atoms with Crippen LogP contribution >= 0.6 is 0 Å². The van der Waals surface area contributed by atoms with Gasteiger partial charge in [0.05, 0.1) is 0 Å². The molecule has 1 aromatic carbocycles. The van der Waals surface area contributed by atoms with E-state index in [4.69, 9.17) is 25.1 Å². The van der Waals surface area contributed by atoms with Gasteiger partial charge in [0.1, 0.15) is 5.82 Å². The minimum Gasteiger partial charge on any atom is -0.475 e. The Morgan fingerprint density at radius 3 is 2.22 bits per heavy atom. The lowest BCUT2D eigenvalue weighted by molar-refractivity contribution is -0.192. The van der Waals surface area contributed by atoms with Crippen LogP contribution in [0.2, 0.25) is 0 Å². The average molecular weight is 577 g/mol. The number of hydrogen-bond donors (Lipinski definition) is 2. The number of nitrogens with two attached hydrogens (primary N) is 1. The molecule has 1 saturated carbocycles. The van der Waals surface area contributed by atoms with Crippen molar-refractivity contribution in [1.29, 1.82) is 0 Å². The molecule has 0 bridgehead atoms. The number of benzene rings is 1. The molecule has 4 aliphatic rings. The van der Waals surface area contributed by atoms with E-state index in [1.165, 1.54) is 31.2 Å². The van der Waals surface area contributed by atoms with Crippen molar-refractivity contribution in [1.82, 2.24) is 14.8 Å². The summed E-state index contributed by atoms with van der Waals surface area (Å²) in [6.07, 6.45) is 5.38. The van der Waals surface area contributed by atoms with Crippen LogP contribution < -0.4 is 15.2 Å². The molecule has 3 fully saturated rings. The van der Waals surface area contributed by atoms with Crippen LogP contribution in [-0.2, 0) is 11.3 Å². The molecule has 0 atom stereocenters. The third kappa shape index (κ3) is 6.52. The van der Waals surface area contributed by atoms with Crippen LogP contribution in [0.3, 0.4) is 0 Å². The highest BCUT2D eigenvalue weighted by Gasteiger charge is 2.45. The minimum atomic E-state index is -5.08. The van der Waals surface area contributed by atoms with Gasteiger partial charge in [-0.2, -0.15) is 13.2 Å². The molecule has 1 aromatic heterocycles. The van der Waals surface area contributed by atoms with Crippen molar-refractivity contribution in [2.75, 3.05) is 31.9 Å². The summed E-state index contributed by atoms with van der Waals surface area (Å²) in [4.78, 5) is 30.3. The number of likely N-dealkylation sites (tertiary alicyclic amines) is 2. The molecule has 1 amide bonds. The molecule has 0 radical (unpaired) electrons. The summed E-state index contributed by atoms with van der Waals surface area (Å²) in [5, 5.41) is 7.12. The maximum atomic E-state index is 12.9. The normalized spacial score (nSPS) is 21.0. The summed E-state index contributed by atoms with van der Waals surface area (Å²) >= 11 is 0. The zero-order valence-electron chi connectivity index (χ0n) is 22.8. The van der Waals surface area contributed by atoms with E-state index in [1.54, 1.807) is 18.3 Å². The Hall–Kier alpha value is -3.54. The Morgan fingerprint density at radius 1 is 0.976 bits per heavy atom. The van der Waals surface area contributed by atoms with E-state index in [1.807, 2.05) is 11.0 Å². The standard InChI is InChI=1S/C27H34N4O3.C2HF3O2/c28-23-18-20(6-13-29-23)25(32)31-16-11-26(12-17-31)9-14-30(15-10-26)19-21-4-3-5-22-24(21)34-27(33-22)7-1-2-8-27;3-2(4,5)1(6)7/h3-6,13,18H,1-2,7-12,14-17,19H2,(H2,28,29);(H,6,7). The highest BCUT2D eigenvalue weighted by Crippen LogP contribution is 2.49. The maximum Gasteiger partial charge on any atom is 0.490 e. The number of piperidine rings is 2. The van der Waals surface area contributed by atoms with Crippen molar-refractivity contribution in [2.45, 2.75) is 69.9 Å². The third-order valence-corrected chi connectivity index (χ3v) is 8.70. The van der Waals surface area contributed by atoms with E-state index >= 15 is 0 Å². The van der Waals surface area contributed by atoms with Crippen molar-refractivity contribution in [3.63, 3.8) is 0 Å². The number of ether oxygens (including phenoxy) is 2. The number of nitrogens with zero attached hydrogens (tertiary/aromatic N) is 3. The number of carboxylic acids is 1. The zero-order chi connectivity index (χ0) is 29.3. The topological polar surface area (TPSA) is 118 Å². The van der Waals surface area contributed by atoms with Crippen molar-refractivity contribution in [2.24, 2.45) is 5.41 Å². The van der Waals surface area contributed by atoms with Crippen molar-refractivity contribution < 1.29 is 37.3 Å². The van der Waals surface area contributed by atoms with Gasteiger partial charge in [0.25, 0.3) is 11.7 Å². The van der Waals surface area contributed by atoms with E-state index in [2.05, 4.69) is 22.0 Å². The SMILES string of the molecule is Nc1cc(C(=O)N2CCC3(CCN(Cc4cccc5c4OC4(CCCC4)O5)CC3)CC2)ccn1.O=C(O)C(F)(F)F. The summed E-state index contributed by atoms with van der Waals surface area (Å²) in [7, 11) is 0. The number of hydrogen-bond acceptors (Lipinski definition) is 7. The van der Waals surface area contributed by atoms with Crippen molar-refractivity contribution in [3.05, 3.63) is 47.7 Å². The molecule has 2 saturated heterocycles. The fourth-order valence-electron chi connectivity index (χ4n) is 6.28. The number of nitrogen functional groups attached to an aromatic ring is 1. The van der Waals surface area contributed by atoms with E-state index in [0.29, 0.717) is 16.8 Å². The molecule has 9 nitrogen and oxygen atoms in total. The first kappa shape index (κ1) is 29.0. The van der Waals surface area contributed by atoms with Crippen LogP contribution in [0.4, 0.5) is 19.0 Å². The first-order chi connectivity index (χ1) is 19.5. The Labute approximate surface area is 236 Å².